The summed E-state index contributed by atoms with van der Waals surface area (Å²) in [6.45, 7) is 18.2. The van der Waals surface area contributed by atoms with Gasteiger partial charge in [-0.15, -0.1) is 0 Å². The molecule has 0 amide bonds. The molecule has 8 rings (SSSR count). The molecule has 0 aliphatic carbocycles. The predicted molar refractivity (Wildman–Crippen MR) is 302 cm³/mol. The van der Waals surface area contributed by atoms with Gasteiger partial charge in [0.15, 0.2) is 0 Å². The second-order valence-electron chi connectivity index (χ2n) is 19.9. The molecule has 6 aromatic rings. The Labute approximate surface area is 464 Å². The smallest absolute Gasteiger partial charge is 0.147 e. The highest BCUT2D eigenvalue weighted by Gasteiger charge is 2.29. The van der Waals surface area contributed by atoms with E-state index in [0.29, 0.717) is 36.9 Å². The molecule has 0 saturated carbocycles. The Bertz CT molecular complexity index is 2670. The van der Waals surface area contributed by atoms with Crippen LogP contribution in [0.15, 0.2) is 139 Å². The molecule has 2 fully saturated rings. The normalized spacial score (nSPS) is 16.1. The number of hydrogen-bond acceptors (Lipinski definition) is 10. The van der Waals surface area contributed by atoms with Crippen molar-refractivity contribution in [3.63, 3.8) is 0 Å². The number of rotatable bonds is 23. The Morgan fingerprint density at radius 1 is 0.452 bits per heavy atom. The van der Waals surface area contributed by atoms with Crippen LogP contribution in [0.1, 0.15) is 88.3 Å². The summed E-state index contributed by atoms with van der Waals surface area (Å²) in [5, 5.41) is 20.7. The molecular formula is C59H66Br4O10. The van der Waals surface area contributed by atoms with Crippen LogP contribution in [0.3, 0.4) is 0 Å². The lowest BCUT2D eigenvalue weighted by molar-refractivity contribution is 0.0621. The summed E-state index contributed by atoms with van der Waals surface area (Å²) < 4.78 is 48.0. The van der Waals surface area contributed by atoms with Gasteiger partial charge in [-0.1, -0.05) is 97.0 Å². The average molecular weight is 1250 g/mol. The fourth-order valence-corrected chi connectivity index (χ4v) is 10.8. The number of halogens is 4. The molecule has 4 atom stereocenters. The average Bonchev–Trinajstić information content (AvgIpc) is 4.34. The predicted octanol–water partition coefficient (Wildman–Crippen LogP) is 13.9. The minimum atomic E-state index is -0.850. The monoisotopic (exact) mass is 1250 g/mol. The number of aliphatic hydroxyl groups excluding tert-OH is 2. The molecule has 2 N–H and O–H groups in total. The topological polar surface area (TPSA) is 121 Å². The van der Waals surface area contributed by atoms with E-state index in [1.165, 1.54) is 16.7 Å². The maximum atomic E-state index is 10.7. The van der Waals surface area contributed by atoms with Crippen molar-refractivity contribution in [2.45, 2.75) is 95.5 Å². The molecule has 0 radical (unpaired) electrons. The van der Waals surface area contributed by atoms with Crippen LogP contribution in [-0.4, -0.2) is 88.0 Å². The van der Waals surface area contributed by atoms with E-state index < -0.39 is 12.2 Å². The highest BCUT2D eigenvalue weighted by molar-refractivity contribution is 9.11. The van der Waals surface area contributed by atoms with Crippen LogP contribution in [0.5, 0.6) is 34.5 Å². The van der Waals surface area contributed by atoms with Gasteiger partial charge in [0, 0.05) is 16.2 Å². The number of benzene rings is 6. The van der Waals surface area contributed by atoms with Crippen molar-refractivity contribution in [2.75, 3.05) is 53.4 Å². The highest BCUT2D eigenvalue weighted by Crippen LogP contribution is 2.44. The highest BCUT2D eigenvalue weighted by atomic mass is 79.9. The lowest BCUT2D eigenvalue weighted by Crippen LogP contribution is -2.25. The fraction of sp³-hybridized carbons (Fsp3) is 0.390. The molecule has 10 nitrogen and oxygen atoms in total. The van der Waals surface area contributed by atoms with Crippen molar-refractivity contribution < 1.29 is 48.1 Å². The Kier molecular flexibility index (Phi) is 19.5. The molecule has 2 aliphatic heterocycles. The zero-order valence-corrected chi connectivity index (χ0v) is 49.0. The van der Waals surface area contributed by atoms with Crippen molar-refractivity contribution in [2.24, 2.45) is 0 Å². The number of aliphatic hydroxyl groups is 2. The van der Waals surface area contributed by atoms with Gasteiger partial charge in [-0.3, -0.25) is 0 Å². The van der Waals surface area contributed by atoms with Crippen molar-refractivity contribution in [1.82, 2.24) is 0 Å². The van der Waals surface area contributed by atoms with Crippen LogP contribution in [0.4, 0.5) is 0 Å². The van der Waals surface area contributed by atoms with E-state index in [-0.39, 0.29) is 48.3 Å². The van der Waals surface area contributed by atoms with Gasteiger partial charge in [0.25, 0.3) is 0 Å². The minimum Gasteiger partial charge on any atom is -0.497 e. The Hall–Kier alpha value is -4.12. The molecule has 4 unspecified atom stereocenters. The van der Waals surface area contributed by atoms with Gasteiger partial charge < -0.3 is 48.1 Å². The third-order valence-corrected chi connectivity index (χ3v) is 15.8. The lowest BCUT2D eigenvalue weighted by Gasteiger charge is -2.28. The first kappa shape index (κ1) is 56.6. The molecule has 0 bridgehead atoms. The Balaban J connectivity index is 0.000000293. The number of hydrogen-bond donors (Lipinski definition) is 2. The van der Waals surface area contributed by atoms with E-state index in [4.69, 9.17) is 37.9 Å². The zero-order chi connectivity index (χ0) is 52.5. The van der Waals surface area contributed by atoms with E-state index in [9.17, 15) is 10.2 Å². The second kappa shape index (κ2) is 25.1. The van der Waals surface area contributed by atoms with Crippen LogP contribution in [0, 0.1) is 0 Å². The first-order valence-corrected chi connectivity index (χ1v) is 27.6. The SMILES string of the molecule is CCC(O)COc1c(Br)cc(C(C)(C)c2cc(Br)c(OCC(O)COc3ccc(C(C)(C)c4ccc(OCC5CO5)cc4)cc3)c(Br)c2)cc1Br.COc1ccc(C(C)(C)c2ccc(OCC3CO3)cc2)cc1. The van der Waals surface area contributed by atoms with Gasteiger partial charge >= 0.3 is 0 Å². The lowest BCUT2D eigenvalue weighted by atomic mass is 9.78. The maximum absolute atomic E-state index is 10.7. The molecule has 2 aliphatic rings. The number of ether oxygens (including phenoxy) is 8. The third kappa shape index (κ3) is 15.3. The van der Waals surface area contributed by atoms with Gasteiger partial charge in [0.2, 0.25) is 0 Å². The summed E-state index contributed by atoms with van der Waals surface area (Å²) >= 11 is 14.7. The van der Waals surface area contributed by atoms with Gasteiger partial charge in [-0.05, 0) is 176 Å². The van der Waals surface area contributed by atoms with E-state index in [1.807, 2.05) is 79.7 Å². The van der Waals surface area contributed by atoms with E-state index in [2.05, 4.69) is 154 Å². The van der Waals surface area contributed by atoms with E-state index in [0.717, 1.165) is 65.0 Å². The molecule has 0 aromatic heterocycles. The Morgan fingerprint density at radius 3 is 1.05 bits per heavy atom. The zero-order valence-electron chi connectivity index (χ0n) is 42.7. The molecule has 6 aromatic carbocycles. The molecule has 2 heterocycles. The van der Waals surface area contributed by atoms with Gasteiger partial charge in [0.05, 0.1) is 44.3 Å². The third-order valence-electron chi connectivity index (χ3n) is 13.4. The van der Waals surface area contributed by atoms with E-state index in [1.54, 1.807) is 7.11 Å². The fourth-order valence-electron chi connectivity index (χ4n) is 7.95. The molecule has 390 valence electrons. The molecule has 73 heavy (non-hydrogen) atoms. The van der Waals surface area contributed by atoms with Gasteiger partial charge in [0.1, 0.15) is 85.8 Å². The van der Waals surface area contributed by atoms with Crippen LogP contribution < -0.4 is 28.4 Å². The largest absolute Gasteiger partial charge is 0.497 e. The first-order chi connectivity index (χ1) is 34.8. The summed E-state index contributed by atoms with van der Waals surface area (Å²) in [5.41, 5.74) is 6.27. The quantitative estimate of drug-likeness (QED) is 0.0600. The summed E-state index contributed by atoms with van der Waals surface area (Å²) in [6.07, 6.45) is -0.237. The molecule has 2 saturated heterocycles. The summed E-state index contributed by atoms with van der Waals surface area (Å²) in [5.74, 6) is 4.53. The maximum Gasteiger partial charge on any atom is 0.147 e. The summed E-state index contributed by atoms with van der Waals surface area (Å²) in [4.78, 5) is 0. The van der Waals surface area contributed by atoms with Crippen molar-refractivity contribution >= 4 is 63.7 Å². The van der Waals surface area contributed by atoms with Crippen LogP contribution >= 0.6 is 63.7 Å². The van der Waals surface area contributed by atoms with Crippen molar-refractivity contribution in [3.8, 4) is 34.5 Å². The summed E-state index contributed by atoms with van der Waals surface area (Å²) in [7, 11) is 1.69. The van der Waals surface area contributed by atoms with Crippen molar-refractivity contribution in [3.05, 3.63) is 173 Å². The first-order valence-electron chi connectivity index (χ1n) is 24.5. The van der Waals surface area contributed by atoms with Gasteiger partial charge in [-0.2, -0.15) is 0 Å². The second-order valence-corrected chi connectivity index (χ2v) is 23.3. The van der Waals surface area contributed by atoms with Gasteiger partial charge in [-0.25, -0.2) is 0 Å². The number of epoxide rings is 2. The summed E-state index contributed by atoms with van der Waals surface area (Å²) in [6, 6.07) is 40.9. The Morgan fingerprint density at radius 2 is 0.740 bits per heavy atom. The van der Waals surface area contributed by atoms with Crippen LogP contribution in [0.2, 0.25) is 0 Å². The van der Waals surface area contributed by atoms with Crippen molar-refractivity contribution in [1.29, 1.82) is 0 Å². The van der Waals surface area contributed by atoms with Crippen LogP contribution in [-0.2, 0) is 25.7 Å². The number of methoxy groups -OCH3 is 1. The minimum absolute atomic E-state index is 0.0481. The standard InChI is InChI=1S/C40H44Br4O7.C19H22O3/c1-6-28(45)19-50-37-33(41)15-26(16-34(37)42)40(4,5)27-17-35(43)38(36(44)18-27)51-21-29(46)20-47-30-11-7-24(8-12-30)39(2,3)25-9-13-31(14-10-25)48-22-32-23-49-32;1-19(2,14-4-8-16(20-3)9-5-14)15-6-10-17(11-7-15)21-12-18-13-22-18/h7-18,28-29,32,45-46H,6,19-23H2,1-5H3;4-11,18H,12-13H2,1-3H3. The van der Waals surface area contributed by atoms with Crippen LogP contribution in [0.25, 0.3) is 0 Å². The molecule has 0 spiro atoms. The van der Waals surface area contributed by atoms with E-state index >= 15 is 0 Å². The molecule has 14 heteroatoms. The molecular weight excluding hydrogens is 1190 g/mol.